The van der Waals surface area contributed by atoms with Gasteiger partial charge in [-0.05, 0) is 37.1 Å². The van der Waals surface area contributed by atoms with Crippen molar-refractivity contribution in [2.24, 2.45) is 7.05 Å². The highest BCUT2D eigenvalue weighted by molar-refractivity contribution is 9.10. The standard InChI is InChI=1S/C15H18BrF2N3/c1-3-19-14(5-4-10-8-20-21(2)9-10)15-12(17)6-11(16)7-13(15)18/h6-9,14,19H,3-5H2,1-2H3. The SMILES string of the molecule is CCNC(CCc1cnn(C)c1)c1c(F)cc(Br)cc1F. The highest BCUT2D eigenvalue weighted by Gasteiger charge is 2.20. The Morgan fingerprint density at radius 3 is 2.52 bits per heavy atom. The first kappa shape index (κ1) is 16.1. The van der Waals surface area contributed by atoms with Gasteiger partial charge in [0.25, 0.3) is 0 Å². The molecule has 1 N–H and O–H groups in total. The first-order valence-electron chi connectivity index (χ1n) is 6.86. The summed E-state index contributed by atoms with van der Waals surface area (Å²) in [5.74, 6) is -1.06. The Bertz CT molecular complexity index is 590. The predicted molar refractivity (Wildman–Crippen MR) is 82.0 cm³/mol. The number of benzene rings is 1. The molecule has 3 nitrogen and oxygen atoms in total. The number of nitrogens with zero attached hydrogens (tertiary/aromatic N) is 2. The maximum atomic E-state index is 14.1. The predicted octanol–water partition coefficient (Wildman–Crippen LogP) is 3.74. The minimum Gasteiger partial charge on any atom is -0.310 e. The molecule has 1 heterocycles. The molecular weight excluding hydrogens is 340 g/mol. The maximum Gasteiger partial charge on any atom is 0.132 e. The quantitative estimate of drug-likeness (QED) is 0.853. The number of aryl methyl sites for hydroxylation is 2. The molecule has 1 unspecified atom stereocenters. The lowest BCUT2D eigenvalue weighted by molar-refractivity contribution is 0.454. The van der Waals surface area contributed by atoms with Crippen molar-refractivity contribution in [1.82, 2.24) is 15.1 Å². The van der Waals surface area contributed by atoms with E-state index in [1.54, 1.807) is 10.9 Å². The topological polar surface area (TPSA) is 29.9 Å². The number of halogens is 3. The van der Waals surface area contributed by atoms with E-state index < -0.39 is 11.6 Å². The summed E-state index contributed by atoms with van der Waals surface area (Å²) in [6.07, 6.45) is 5.00. The maximum absolute atomic E-state index is 14.1. The lowest BCUT2D eigenvalue weighted by Gasteiger charge is -2.19. The molecule has 0 saturated carbocycles. The number of nitrogens with one attached hydrogen (secondary N) is 1. The van der Waals surface area contributed by atoms with E-state index in [9.17, 15) is 8.78 Å². The van der Waals surface area contributed by atoms with Crippen LogP contribution in [0.3, 0.4) is 0 Å². The largest absolute Gasteiger partial charge is 0.310 e. The minimum atomic E-state index is -0.529. The van der Waals surface area contributed by atoms with Crippen LogP contribution in [0.2, 0.25) is 0 Å². The first-order chi connectivity index (χ1) is 10.0. The lowest BCUT2D eigenvalue weighted by Crippen LogP contribution is -2.23. The van der Waals surface area contributed by atoms with Gasteiger partial charge in [-0.15, -0.1) is 0 Å². The molecule has 0 aliphatic rings. The molecule has 6 heteroatoms. The summed E-state index contributed by atoms with van der Waals surface area (Å²) >= 11 is 3.10. The van der Waals surface area contributed by atoms with E-state index in [-0.39, 0.29) is 11.6 Å². The molecule has 2 aromatic rings. The van der Waals surface area contributed by atoms with E-state index in [1.807, 2.05) is 20.2 Å². The van der Waals surface area contributed by atoms with Gasteiger partial charge in [-0.1, -0.05) is 22.9 Å². The molecular formula is C15H18BrF2N3. The van der Waals surface area contributed by atoms with Crippen LogP contribution in [0.15, 0.2) is 29.0 Å². The highest BCUT2D eigenvalue weighted by Crippen LogP contribution is 2.27. The van der Waals surface area contributed by atoms with Crippen molar-refractivity contribution in [3.63, 3.8) is 0 Å². The fraction of sp³-hybridized carbons (Fsp3) is 0.400. The molecule has 0 fully saturated rings. The van der Waals surface area contributed by atoms with Crippen LogP contribution in [-0.2, 0) is 13.5 Å². The zero-order valence-electron chi connectivity index (χ0n) is 12.0. The van der Waals surface area contributed by atoms with Gasteiger partial charge in [0.1, 0.15) is 11.6 Å². The molecule has 1 aromatic carbocycles. The van der Waals surface area contributed by atoms with Crippen LogP contribution in [0.4, 0.5) is 8.78 Å². The number of hydrogen-bond donors (Lipinski definition) is 1. The van der Waals surface area contributed by atoms with Crippen LogP contribution in [0, 0.1) is 11.6 Å². The van der Waals surface area contributed by atoms with E-state index >= 15 is 0 Å². The van der Waals surface area contributed by atoms with Crippen LogP contribution in [0.1, 0.15) is 30.5 Å². The fourth-order valence-corrected chi connectivity index (χ4v) is 2.80. The first-order valence-corrected chi connectivity index (χ1v) is 7.66. The zero-order valence-corrected chi connectivity index (χ0v) is 13.6. The second-order valence-corrected chi connectivity index (χ2v) is 5.87. The van der Waals surface area contributed by atoms with Gasteiger partial charge in [0.15, 0.2) is 0 Å². The van der Waals surface area contributed by atoms with E-state index in [2.05, 4.69) is 26.3 Å². The Labute approximate surface area is 131 Å². The van der Waals surface area contributed by atoms with Gasteiger partial charge in [0.2, 0.25) is 0 Å². The lowest BCUT2D eigenvalue weighted by atomic mass is 9.99. The van der Waals surface area contributed by atoms with Crippen molar-refractivity contribution in [1.29, 1.82) is 0 Å². The average molecular weight is 358 g/mol. The number of aromatic nitrogens is 2. The third-order valence-corrected chi connectivity index (χ3v) is 3.78. The molecule has 2 rings (SSSR count). The Hall–Kier alpha value is -1.27. The average Bonchev–Trinajstić information content (AvgIpc) is 2.80. The van der Waals surface area contributed by atoms with Gasteiger partial charge in [0.05, 0.1) is 6.20 Å². The summed E-state index contributed by atoms with van der Waals surface area (Å²) in [5, 5.41) is 7.26. The van der Waals surface area contributed by atoms with Gasteiger partial charge in [-0.25, -0.2) is 8.78 Å². The van der Waals surface area contributed by atoms with Crippen LogP contribution < -0.4 is 5.32 Å². The molecule has 0 amide bonds. The highest BCUT2D eigenvalue weighted by atomic mass is 79.9. The number of hydrogen-bond acceptors (Lipinski definition) is 2. The van der Waals surface area contributed by atoms with Crippen LogP contribution in [0.25, 0.3) is 0 Å². The van der Waals surface area contributed by atoms with E-state index in [1.165, 1.54) is 12.1 Å². The third-order valence-electron chi connectivity index (χ3n) is 3.32. The Balaban J connectivity index is 2.18. The molecule has 1 atom stereocenters. The van der Waals surface area contributed by atoms with Crippen LogP contribution in [-0.4, -0.2) is 16.3 Å². The molecule has 0 radical (unpaired) electrons. The van der Waals surface area contributed by atoms with Crippen molar-refractivity contribution in [2.45, 2.75) is 25.8 Å². The second kappa shape index (κ2) is 7.13. The van der Waals surface area contributed by atoms with E-state index in [0.717, 1.165) is 5.56 Å². The van der Waals surface area contributed by atoms with Crippen molar-refractivity contribution in [3.05, 3.63) is 51.8 Å². The molecule has 0 saturated heterocycles. The monoisotopic (exact) mass is 357 g/mol. The Morgan fingerprint density at radius 2 is 2.00 bits per heavy atom. The van der Waals surface area contributed by atoms with Crippen molar-refractivity contribution in [3.8, 4) is 0 Å². The smallest absolute Gasteiger partial charge is 0.132 e. The summed E-state index contributed by atoms with van der Waals surface area (Å²) in [6, 6.07) is 2.24. The summed E-state index contributed by atoms with van der Waals surface area (Å²) < 4.78 is 30.3. The van der Waals surface area contributed by atoms with E-state index in [4.69, 9.17) is 0 Å². The number of rotatable bonds is 6. The van der Waals surface area contributed by atoms with Gasteiger partial charge >= 0.3 is 0 Å². The molecule has 0 bridgehead atoms. The van der Waals surface area contributed by atoms with Crippen molar-refractivity contribution < 1.29 is 8.78 Å². The third kappa shape index (κ3) is 4.11. The molecule has 0 spiro atoms. The summed E-state index contributed by atoms with van der Waals surface area (Å²) in [5.41, 5.74) is 1.15. The molecule has 0 aliphatic carbocycles. The summed E-state index contributed by atoms with van der Waals surface area (Å²) in [6.45, 7) is 2.57. The van der Waals surface area contributed by atoms with Gasteiger partial charge in [0, 0.05) is 29.3 Å². The Kier molecular flexibility index (Phi) is 5.47. The zero-order chi connectivity index (χ0) is 15.4. The molecule has 0 aliphatic heterocycles. The van der Waals surface area contributed by atoms with E-state index in [0.29, 0.717) is 23.9 Å². The molecule has 114 valence electrons. The molecule has 1 aromatic heterocycles. The van der Waals surface area contributed by atoms with Gasteiger partial charge in [-0.2, -0.15) is 5.10 Å². The minimum absolute atomic E-state index is 0.101. The van der Waals surface area contributed by atoms with Gasteiger partial charge < -0.3 is 5.32 Å². The van der Waals surface area contributed by atoms with Crippen LogP contribution in [0.5, 0.6) is 0 Å². The van der Waals surface area contributed by atoms with Crippen LogP contribution >= 0.6 is 15.9 Å². The second-order valence-electron chi connectivity index (χ2n) is 4.95. The van der Waals surface area contributed by atoms with Crippen molar-refractivity contribution in [2.75, 3.05) is 6.54 Å². The molecule has 21 heavy (non-hydrogen) atoms. The summed E-state index contributed by atoms with van der Waals surface area (Å²) in [7, 11) is 1.85. The van der Waals surface area contributed by atoms with Gasteiger partial charge in [-0.3, -0.25) is 4.68 Å². The summed E-state index contributed by atoms with van der Waals surface area (Å²) in [4.78, 5) is 0. The normalized spacial score (nSPS) is 12.6. The van der Waals surface area contributed by atoms with Crippen molar-refractivity contribution >= 4 is 15.9 Å². The fourth-order valence-electron chi connectivity index (χ4n) is 2.39. The Morgan fingerprint density at radius 1 is 1.33 bits per heavy atom.